The molecule has 0 unspecified atom stereocenters. The molecule has 0 saturated heterocycles. The van der Waals surface area contributed by atoms with Crippen LogP contribution in [0.15, 0.2) is 57.8 Å². The van der Waals surface area contributed by atoms with E-state index >= 15 is 0 Å². The number of hydrogen-bond donors (Lipinski definition) is 1. The molecule has 1 amide bonds. The Kier molecular flexibility index (Phi) is 7.75. The topological polar surface area (TPSA) is 101 Å². The Labute approximate surface area is 196 Å². The van der Waals surface area contributed by atoms with E-state index in [4.69, 9.17) is 4.74 Å². The molecule has 3 aromatic rings. The lowest BCUT2D eigenvalue weighted by Gasteiger charge is -2.24. The molecule has 8 nitrogen and oxygen atoms in total. The van der Waals surface area contributed by atoms with Crippen molar-refractivity contribution < 1.29 is 17.9 Å². The van der Waals surface area contributed by atoms with Crippen LogP contribution in [-0.4, -0.2) is 43.4 Å². The lowest BCUT2D eigenvalue weighted by Crippen LogP contribution is -2.38. The number of benzene rings is 2. The molecule has 11 heteroatoms. The molecule has 0 fully saturated rings. The van der Waals surface area contributed by atoms with Crippen molar-refractivity contribution in [1.82, 2.24) is 10.2 Å². The number of methoxy groups -OCH3 is 1. The summed E-state index contributed by atoms with van der Waals surface area (Å²) in [6.07, 6.45) is 0. The first-order chi connectivity index (χ1) is 15.2. The number of aromatic nitrogens is 2. The summed E-state index contributed by atoms with van der Waals surface area (Å²) in [5, 5.41) is 11.3. The number of hydrogen-bond acceptors (Lipinski definition) is 8. The molecule has 170 valence electrons. The number of sulfonamides is 1. The third-order valence-electron chi connectivity index (χ3n) is 4.25. The minimum absolute atomic E-state index is 0.0539. The van der Waals surface area contributed by atoms with Crippen molar-refractivity contribution in [3.8, 4) is 5.75 Å². The standard InChI is InChI=1S/C21H24N4O4S3/c1-14(2)30-21-24-23-20(31-21)22-19(26)13-25(16-7-5-15(3)6-8-16)32(27,28)18-11-9-17(29-4)10-12-18/h5-12,14H,13H2,1-4H3,(H,22,23,26). The average Bonchev–Trinajstić information content (AvgIpc) is 3.18. The van der Waals surface area contributed by atoms with Gasteiger partial charge in [-0.15, -0.1) is 10.2 Å². The maximum Gasteiger partial charge on any atom is 0.264 e. The number of nitrogens with zero attached hydrogens (tertiary/aromatic N) is 3. The zero-order valence-corrected chi connectivity index (χ0v) is 20.6. The second kappa shape index (κ2) is 10.3. The molecule has 0 spiro atoms. The minimum Gasteiger partial charge on any atom is -0.497 e. The Morgan fingerprint density at radius 2 is 1.78 bits per heavy atom. The highest BCUT2D eigenvalue weighted by Crippen LogP contribution is 2.29. The molecule has 0 aliphatic carbocycles. The van der Waals surface area contributed by atoms with Crippen molar-refractivity contribution in [3.05, 3.63) is 54.1 Å². The van der Waals surface area contributed by atoms with Crippen molar-refractivity contribution in [2.75, 3.05) is 23.3 Å². The SMILES string of the molecule is COc1ccc(S(=O)(=O)N(CC(=O)Nc2nnc(SC(C)C)s2)c2ccc(C)cc2)cc1. The number of carbonyl (C=O) groups is 1. The van der Waals surface area contributed by atoms with E-state index in [-0.39, 0.29) is 4.90 Å². The zero-order valence-electron chi connectivity index (χ0n) is 18.1. The van der Waals surface area contributed by atoms with Gasteiger partial charge < -0.3 is 4.74 Å². The van der Waals surface area contributed by atoms with Crippen LogP contribution in [0.4, 0.5) is 10.8 Å². The van der Waals surface area contributed by atoms with E-state index in [1.807, 2.05) is 20.8 Å². The summed E-state index contributed by atoms with van der Waals surface area (Å²) >= 11 is 2.79. The van der Waals surface area contributed by atoms with Gasteiger partial charge in [0.2, 0.25) is 11.0 Å². The van der Waals surface area contributed by atoms with Gasteiger partial charge in [0.15, 0.2) is 4.34 Å². The van der Waals surface area contributed by atoms with Gasteiger partial charge in [-0.1, -0.05) is 54.6 Å². The number of nitrogens with one attached hydrogen (secondary N) is 1. The van der Waals surface area contributed by atoms with Gasteiger partial charge in [0.05, 0.1) is 17.7 Å². The van der Waals surface area contributed by atoms with Crippen molar-refractivity contribution in [1.29, 1.82) is 0 Å². The van der Waals surface area contributed by atoms with Crippen LogP contribution in [0, 0.1) is 6.92 Å². The largest absolute Gasteiger partial charge is 0.497 e. The molecule has 2 aromatic carbocycles. The molecule has 0 aliphatic heterocycles. The van der Waals surface area contributed by atoms with Gasteiger partial charge in [0, 0.05) is 5.25 Å². The molecule has 0 atom stereocenters. The first kappa shape index (κ1) is 24.0. The van der Waals surface area contributed by atoms with Crippen LogP contribution in [0.25, 0.3) is 0 Å². The number of ether oxygens (including phenoxy) is 1. The number of aryl methyl sites for hydroxylation is 1. The smallest absolute Gasteiger partial charge is 0.264 e. The molecule has 1 N–H and O–H groups in total. The predicted molar refractivity (Wildman–Crippen MR) is 128 cm³/mol. The van der Waals surface area contributed by atoms with E-state index in [9.17, 15) is 13.2 Å². The number of thioether (sulfide) groups is 1. The first-order valence-corrected chi connectivity index (χ1v) is 12.9. The van der Waals surface area contributed by atoms with E-state index in [0.717, 1.165) is 14.2 Å². The van der Waals surface area contributed by atoms with Crippen LogP contribution in [0.5, 0.6) is 5.75 Å². The second-order valence-electron chi connectivity index (χ2n) is 7.11. The van der Waals surface area contributed by atoms with Crippen LogP contribution in [0.3, 0.4) is 0 Å². The number of carbonyl (C=O) groups excluding carboxylic acids is 1. The number of anilines is 2. The predicted octanol–water partition coefficient (Wildman–Crippen LogP) is 4.19. The van der Waals surface area contributed by atoms with Crippen molar-refractivity contribution in [2.24, 2.45) is 0 Å². The molecule has 1 heterocycles. The quantitative estimate of drug-likeness (QED) is 0.353. The Morgan fingerprint density at radius 1 is 1.12 bits per heavy atom. The maximum absolute atomic E-state index is 13.4. The van der Waals surface area contributed by atoms with E-state index in [1.54, 1.807) is 48.2 Å². The zero-order chi connectivity index (χ0) is 23.3. The van der Waals surface area contributed by atoms with Crippen LogP contribution >= 0.6 is 23.1 Å². The molecule has 0 bridgehead atoms. The molecule has 32 heavy (non-hydrogen) atoms. The van der Waals surface area contributed by atoms with E-state index < -0.39 is 22.5 Å². The molecule has 0 saturated carbocycles. The van der Waals surface area contributed by atoms with Crippen LogP contribution in [-0.2, 0) is 14.8 Å². The fourth-order valence-electron chi connectivity index (χ4n) is 2.70. The molecule has 0 aliphatic rings. The minimum atomic E-state index is -4.01. The Bertz CT molecular complexity index is 1160. The fraction of sp³-hybridized carbons (Fsp3) is 0.286. The van der Waals surface area contributed by atoms with Crippen LogP contribution < -0.4 is 14.4 Å². The first-order valence-electron chi connectivity index (χ1n) is 9.72. The summed E-state index contributed by atoms with van der Waals surface area (Å²) in [6, 6.07) is 13.0. The Balaban J connectivity index is 1.86. The lowest BCUT2D eigenvalue weighted by atomic mass is 10.2. The molecular weight excluding hydrogens is 468 g/mol. The van der Waals surface area contributed by atoms with Gasteiger partial charge in [-0.25, -0.2) is 8.42 Å². The van der Waals surface area contributed by atoms with E-state index in [0.29, 0.717) is 21.8 Å². The summed E-state index contributed by atoms with van der Waals surface area (Å²) in [5.74, 6) is 0.0230. The fourth-order valence-corrected chi connectivity index (χ4v) is 6.11. The van der Waals surface area contributed by atoms with Crippen LogP contribution in [0.1, 0.15) is 19.4 Å². The van der Waals surface area contributed by atoms with Gasteiger partial charge in [-0.2, -0.15) is 0 Å². The molecule has 0 radical (unpaired) electrons. The molecule has 1 aromatic heterocycles. The van der Waals surface area contributed by atoms with E-state index in [1.165, 1.54) is 30.6 Å². The van der Waals surface area contributed by atoms with Gasteiger partial charge in [0.25, 0.3) is 10.0 Å². The third kappa shape index (κ3) is 5.99. The van der Waals surface area contributed by atoms with E-state index in [2.05, 4.69) is 15.5 Å². The number of rotatable bonds is 9. The van der Waals surface area contributed by atoms with Crippen molar-refractivity contribution >= 4 is 49.8 Å². The van der Waals surface area contributed by atoms with Gasteiger partial charge in [-0.3, -0.25) is 14.4 Å². The third-order valence-corrected chi connectivity index (χ3v) is 7.96. The summed E-state index contributed by atoms with van der Waals surface area (Å²) in [4.78, 5) is 12.8. The summed E-state index contributed by atoms with van der Waals surface area (Å²) in [5.41, 5.74) is 1.36. The van der Waals surface area contributed by atoms with Gasteiger partial charge in [0.1, 0.15) is 12.3 Å². The summed E-state index contributed by atoms with van der Waals surface area (Å²) in [6.45, 7) is 5.56. The second-order valence-corrected chi connectivity index (χ2v) is 11.8. The van der Waals surface area contributed by atoms with Crippen molar-refractivity contribution in [3.63, 3.8) is 0 Å². The van der Waals surface area contributed by atoms with Gasteiger partial charge >= 0.3 is 0 Å². The lowest BCUT2D eigenvalue weighted by molar-refractivity contribution is -0.114. The highest BCUT2D eigenvalue weighted by atomic mass is 32.2. The monoisotopic (exact) mass is 492 g/mol. The highest BCUT2D eigenvalue weighted by molar-refractivity contribution is 8.01. The van der Waals surface area contributed by atoms with Gasteiger partial charge in [-0.05, 0) is 43.3 Å². The summed E-state index contributed by atoms with van der Waals surface area (Å²) < 4.78 is 33.7. The summed E-state index contributed by atoms with van der Waals surface area (Å²) in [7, 11) is -2.50. The number of amides is 1. The molecular formula is C21H24N4O4S3. The maximum atomic E-state index is 13.4. The Morgan fingerprint density at radius 3 is 2.38 bits per heavy atom. The highest BCUT2D eigenvalue weighted by Gasteiger charge is 2.27. The normalized spacial score (nSPS) is 11.4. The molecule has 3 rings (SSSR count). The van der Waals surface area contributed by atoms with Crippen LogP contribution in [0.2, 0.25) is 0 Å². The average molecular weight is 493 g/mol. The van der Waals surface area contributed by atoms with Crippen molar-refractivity contribution in [2.45, 2.75) is 35.3 Å². The Hall–Kier alpha value is -2.63.